The number of nitrogens with zero attached hydrogens (tertiary/aromatic N) is 3. The van der Waals surface area contributed by atoms with Crippen molar-refractivity contribution in [3.8, 4) is 0 Å². The smallest absolute Gasteiger partial charge is 0.148 e. The van der Waals surface area contributed by atoms with Gasteiger partial charge in [-0.2, -0.15) is 0 Å². The normalized spacial score (nSPS) is 12.6. The number of anilines is 1. The number of benzene rings is 1. The van der Waals surface area contributed by atoms with E-state index in [1.54, 1.807) is 0 Å². The SMILES string of the molecule is Cc1nc2ccccc2nc1NC(C)c1c(C)noc1C. The number of nitrogens with one attached hydrogen (secondary N) is 1. The van der Waals surface area contributed by atoms with E-state index in [1.165, 1.54) is 0 Å². The summed E-state index contributed by atoms with van der Waals surface area (Å²) in [5, 5.41) is 7.41. The molecule has 3 aromatic rings. The van der Waals surface area contributed by atoms with E-state index in [9.17, 15) is 0 Å². The Labute approximate surface area is 123 Å². The molecule has 0 aliphatic carbocycles. The highest BCUT2D eigenvalue weighted by Crippen LogP contribution is 2.26. The van der Waals surface area contributed by atoms with Crippen molar-refractivity contribution in [1.29, 1.82) is 0 Å². The van der Waals surface area contributed by atoms with Crippen LogP contribution in [-0.4, -0.2) is 15.1 Å². The van der Waals surface area contributed by atoms with Crippen LogP contribution in [0.5, 0.6) is 0 Å². The molecule has 5 heteroatoms. The molecule has 0 saturated carbocycles. The van der Waals surface area contributed by atoms with Gasteiger partial charge in [-0.25, -0.2) is 9.97 Å². The number of fused-ring (bicyclic) bond motifs is 1. The molecule has 0 aliphatic heterocycles. The molecule has 2 heterocycles. The first kappa shape index (κ1) is 13.5. The minimum absolute atomic E-state index is 0.0606. The van der Waals surface area contributed by atoms with Crippen molar-refractivity contribution in [3.05, 3.63) is 47.0 Å². The van der Waals surface area contributed by atoms with Gasteiger partial charge in [0.05, 0.1) is 28.5 Å². The van der Waals surface area contributed by atoms with Crippen molar-refractivity contribution < 1.29 is 4.52 Å². The highest BCUT2D eigenvalue weighted by Gasteiger charge is 2.17. The predicted molar refractivity (Wildman–Crippen MR) is 82.3 cm³/mol. The van der Waals surface area contributed by atoms with Crippen LogP contribution in [0.2, 0.25) is 0 Å². The molecule has 0 saturated heterocycles. The Balaban J connectivity index is 1.96. The molecule has 1 unspecified atom stereocenters. The fraction of sp³-hybridized carbons (Fsp3) is 0.312. The van der Waals surface area contributed by atoms with Crippen LogP contribution < -0.4 is 5.32 Å². The second kappa shape index (κ2) is 5.16. The first-order valence-corrected chi connectivity index (χ1v) is 6.99. The van der Waals surface area contributed by atoms with Gasteiger partial charge < -0.3 is 9.84 Å². The molecular weight excluding hydrogens is 264 g/mol. The molecule has 1 aromatic carbocycles. The molecule has 1 atom stereocenters. The molecule has 21 heavy (non-hydrogen) atoms. The summed E-state index contributed by atoms with van der Waals surface area (Å²) in [4.78, 5) is 9.25. The van der Waals surface area contributed by atoms with Gasteiger partial charge in [-0.3, -0.25) is 0 Å². The molecule has 5 nitrogen and oxygen atoms in total. The quantitative estimate of drug-likeness (QED) is 0.793. The molecule has 0 bridgehead atoms. The van der Waals surface area contributed by atoms with Gasteiger partial charge in [-0.05, 0) is 39.8 Å². The Morgan fingerprint density at radius 3 is 2.29 bits per heavy atom. The first-order chi connectivity index (χ1) is 10.1. The van der Waals surface area contributed by atoms with Crippen molar-refractivity contribution in [1.82, 2.24) is 15.1 Å². The van der Waals surface area contributed by atoms with Gasteiger partial charge in [0.25, 0.3) is 0 Å². The predicted octanol–water partition coefficient (Wildman–Crippen LogP) is 3.72. The molecule has 0 radical (unpaired) electrons. The second-order valence-electron chi connectivity index (χ2n) is 5.25. The van der Waals surface area contributed by atoms with E-state index < -0.39 is 0 Å². The van der Waals surface area contributed by atoms with E-state index in [1.807, 2.05) is 45.0 Å². The van der Waals surface area contributed by atoms with Gasteiger partial charge in [0, 0.05) is 5.56 Å². The highest BCUT2D eigenvalue weighted by atomic mass is 16.5. The van der Waals surface area contributed by atoms with Gasteiger partial charge in [0.2, 0.25) is 0 Å². The first-order valence-electron chi connectivity index (χ1n) is 6.99. The zero-order valence-electron chi connectivity index (χ0n) is 12.6. The summed E-state index contributed by atoms with van der Waals surface area (Å²) in [5.41, 5.74) is 4.65. The minimum atomic E-state index is 0.0606. The maximum atomic E-state index is 5.23. The standard InChI is InChI=1S/C16H18N4O/c1-9(15-10(2)20-21-12(15)4)18-16-11(3)17-13-7-5-6-8-14(13)19-16/h5-9H,1-4H3,(H,18,19). The van der Waals surface area contributed by atoms with Crippen LogP contribution in [0.15, 0.2) is 28.8 Å². The molecule has 0 fully saturated rings. The average molecular weight is 282 g/mol. The fourth-order valence-electron chi connectivity index (χ4n) is 2.61. The molecule has 0 amide bonds. The molecule has 1 N–H and O–H groups in total. The third-order valence-corrected chi connectivity index (χ3v) is 3.62. The van der Waals surface area contributed by atoms with E-state index in [0.717, 1.165) is 39.6 Å². The molecule has 0 spiro atoms. The topological polar surface area (TPSA) is 63.8 Å². The van der Waals surface area contributed by atoms with E-state index >= 15 is 0 Å². The Morgan fingerprint density at radius 1 is 1.00 bits per heavy atom. The lowest BCUT2D eigenvalue weighted by Gasteiger charge is -2.16. The van der Waals surface area contributed by atoms with E-state index in [-0.39, 0.29) is 6.04 Å². The third kappa shape index (κ3) is 2.46. The van der Waals surface area contributed by atoms with Crippen molar-refractivity contribution in [3.63, 3.8) is 0 Å². The average Bonchev–Trinajstić information content (AvgIpc) is 2.79. The summed E-state index contributed by atoms with van der Waals surface area (Å²) in [5.74, 6) is 1.63. The van der Waals surface area contributed by atoms with Crippen molar-refractivity contribution >= 4 is 16.9 Å². The van der Waals surface area contributed by atoms with Crippen LogP contribution >= 0.6 is 0 Å². The summed E-state index contributed by atoms with van der Waals surface area (Å²) >= 11 is 0. The van der Waals surface area contributed by atoms with Crippen LogP contribution in [0.25, 0.3) is 11.0 Å². The lowest BCUT2D eigenvalue weighted by atomic mass is 10.1. The second-order valence-corrected chi connectivity index (χ2v) is 5.25. The van der Waals surface area contributed by atoms with Crippen LogP contribution in [0.3, 0.4) is 0 Å². The molecule has 108 valence electrons. The Bertz CT molecular complexity index is 775. The lowest BCUT2D eigenvalue weighted by Crippen LogP contribution is -2.11. The highest BCUT2D eigenvalue weighted by molar-refractivity contribution is 5.76. The molecule has 0 aliphatic rings. The molecule has 2 aromatic heterocycles. The number of rotatable bonds is 3. The van der Waals surface area contributed by atoms with Gasteiger partial charge in [-0.15, -0.1) is 0 Å². The lowest BCUT2D eigenvalue weighted by molar-refractivity contribution is 0.392. The summed E-state index contributed by atoms with van der Waals surface area (Å²) in [6.07, 6.45) is 0. The maximum Gasteiger partial charge on any atom is 0.148 e. The largest absolute Gasteiger partial charge is 0.362 e. The minimum Gasteiger partial charge on any atom is -0.362 e. The fourth-order valence-corrected chi connectivity index (χ4v) is 2.61. The van der Waals surface area contributed by atoms with Crippen LogP contribution in [0.1, 0.15) is 35.7 Å². The maximum absolute atomic E-state index is 5.23. The molecular formula is C16H18N4O. The van der Waals surface area contributed by atoms with Gasteiger partial charge in [0.15, 0.2) is 0 Å². The van der Waals surface area contributed by atoms with Gasteiger partial charge in [-0.1, -0.05) is 17.3 Å². The summed E-state index contributed by atoms with van der Waals surface area (Å²) in [7, 11) is 0. The number of aromatic nitrogens is 3. The summed E-state index contributed by atoms with van der Waals surface area (Å²) in [6, 6.07) is 7.93. The Kier molecular flexibility index (Phi) is 3.33. The number of para-hydroxylation sites is 2. The Morgan fingerprint density at radius 2 is 1.67 bits per heavy atom. The monoisotopic (exact) mass is 282 g/mol. The van der Waals surface area contributed by atoms with Crippen molar-refractivity contribution in [2.75, 3.05) is 5.32 Å². The summed E-state index contributed by atoms with van der Waals surface area (Å²) < 4.78 is 5.23. The number of aryl methyl sites for hydroxylation is 3. The van der Waals surface area contributed by atoms with E-state index in [2.05, 4.69) is 27.4 Å². The third-order valence-electron chi connectivity index (χ3n) is 3.62. The van der Waals surface area contributed by atoms with Crippen molar-refractivity contribution in [2.45, 2.75) is 33.7 Å². The van der Waals surface area contributed by atoms with Crippen LogP contribution in [-0.2, 0) is 0 Å². The van der Waals surface area contributed by atoms with Crippen LogP contribution in [0, 0.1) is 20.8 Å². The van der Waals surface area contributed by atoms with Crippen molar-refractivity contribution in [2.24, 2.45) is 0 Å². The van der Waals surface area contributed by atoms with E-state index in [0.29, 0.717) is 0 Å². The van der Waals surface area contributed by atoms with Gasteiger partial charge in [0.1, 0.15) is 11.6 Å². The van der Waals surface area contributed by atoms with Crippen LogP contribution in [0.4, 0.5) is 5.82 Å². The number of hydrogen-bond donors (Lipinski definition) is 1. The zero-order valence-corrected chi connectivity index (χ0v) is 12.6. The Hall–Kier alpha value is -2.43. The summed E-state index contributed by atoms with van der Waals surface area (Å²) in [6.45, 7) is 7.90. The molecule has 3 rings (SSSR count). The van der Waals surface area contributed by atoms with E-state index in [4.69, 9.17) is 4.52 Å². The zero-order chi connectivity index (χ0) is 15.0. The number of hydrogen-bond acceptors (Lipinski definition) is 5. The van der Waals surface area contributed by atoms with Gasteiger partial charge >= 0.3 is 0 Å².